The van der Waals surface area contributed by atoms with Crippen molar-refractivity contribution in [3.8, 4) is 0 Å². The van der Waals surface area contributed by atoms with Gasteiger partial charge in [-0.2, -0.15) is 0 Å². The van der Waals surface area contributed by atoms with Crippen LogP contribution in [0.4, 0.5) is 11.6 Å². The normalized spacial score (nSPS) is 10.7. The van der Waals surface area contributed by atoms with Crippen molar-refractivity contribution in [2.24, 2.45) is 5.92 Å². The molecule has 0 aliphatic carbocycles. The summed E-state index contributed by atoms with van der Waals surface area (Å²) >= 11 is 0. The smallest absolute Gasteiger partial charge is 0.277 e. The second-order valence-corrected chi connectivity index (χ2v) is 7.09. The molecule has 0 unspecified atom stereocenters. The highest BCUT2D eigenvalue weighted by atomic mass is 16.2. The summed E-state index contributed by atoms with van der Waals surface area (Å²) in [4.78, 5) is 23.7. The van der Waals surface area contributed by atoms with E-state index in [-0.39, 0.29) is 5.91 Å². The highest BCUT2D eigenvalue weighted by molar-refractivity contribution is 6.04. The molecule has 3 aromatic rings. The fraction of sp³-hybridized carbons (Fsp3) is 0.261. The number of anilines is 2. The molecule has 28 heavy (non-hydrogen) atoms. The van der Waals surface area contributed by atoms with Gasteiger partial charge in [0.15, 0.2) is 0 Å². The Hall–Kier alpha value is -3.21. The summed E-state index contributed by atoms with van der Waals surface area (Å²) in [6.07, 6.45) is 2.65. The number of para-hydroxylation sites is 1. The zero-order valence-corrected chi connectivity index (χ0v) is 16.4. The Morgan fingerprint density at radius 1 is 1.00 bits per heavy atom. The lowest BCUT2D eigenvalue weighted by atomic mass is 10.1. The van der Waals surface area contributed by atoms with Crippen molar-refractivity contribution in [2.75, 3.05) is 16.8 Å². The standard InChI is InChI=1S/C23H26N4O/c1-18(2)13-15-24-23-25-16-14-21(26-23)22(28)27(20-11-7-4-8-12-20)17-19-9-5-3-6-10-19/h3-12,14,16,18H,13,15,17H2,1-2H3,(H,24,25,26). The SMILES string of the molecule is CC(C)CCNc1nccc(C(=O)N(Cc2ccccc2)c2ccccc2)n1. The molecular weight excluding hydrogens is 348 g/mol. The van der Waals surface area contributed by atoms with E-state index in [9.17, 15) is 4.79 Å². The number of rotatable bonds is 8. The molecule has 0 atom stereocenters. The maximum absolute atomic E-state index is 13.3. The number of carbonyl (C=O) groups is 1. The van der Waals surface area contributed by atoms with Gasteiger partial charge >= 0.3 is 0 Å². The zero-order chi connectivity index (χ0) is 19.8. The number of benzene rings is 2. The van der Waals surface area contributed by atoms with Crippen molar-refractivity contribution in [1.29, 1.82) is 0 Å². The molecular formula is C23H26N4O. The number of hydrogen-bond donors (Lipinski definition) is 1. The molecule has 5 heteroatoms. The molecule has 0 radical (unpaired) electrons. The minimum atomic E-state index is -0.149. The van der Waals surface area contributed by atoms with Crippen LogP contribution >= 0.6 is 0 Å². The van der Waals surface area contributed by atoms with E-state index in [4.69, 9.17) is 0 Å². The van der Waals surface area contributed by atoms with Gasteiger partial charge < -0.3 is 10.2 Å². The topological polar surface area (TPSA) is 58.1 Å². The molecule has 0 saturated carbocycles. The van der Waals surface area contributed by atoms with Crippen LogP contribution in [0, 0.1) is 5.92 Å². The summed E-state index contributed by atoms with van der Waals surface area (Å²) in [7, 11) is 0. The Morgan fingerprint density at radius 3 is 2.36 bits per heavy atom. The van der Waals surface area contributed by atoms with Crippen LogP contribution in [0.2, 0.25) is 0 Å². The lowest BCUT2D eigenvalue weighted by molar-refractivity contribution is 0.0980. The minimum Gasteiger partial charge on any atom is -0.354 e. The van der Waals surface area contributed by atoms with Crippen molar-refractivity contribution in [2.45, 2.75) is 26.8 Å². The summed E-state index contributed by atoms with van der Waals surface area (Å²) in [6.45, 7) is 5.60. The number of hydrogen-bond acceptors (Lipinski definition) is 4. The van der Waals surface area contributed by atoms with E-state index in [0.29, 0.717) is 24.1 Å². The van der Waals surface area contributed by atoms with Gasteiger partial charge in [0.05, 0.1) is 6.54 Å². The van der Waals surface area contributed by atoms with Gasteiger partial charge in [0.2, 0.25) is 5.95 Å². The monoisotopic (exact) mass is 374 g/mol. The Morgan fingerprint density at radius 2 is 1.68 bits per heavy atom. The molecule has 0 spiro atoms. The third-order valence-electron chi connectivity index (χ3n) is 4.38. The van der Waals surface area contributed by atoms with Crippen LogP contribution in [0.15, 0.2) is 72.9 Å². The molecule has 0 aliphatic rings. The maximum atomic E-state index is 13.3. The van der Waals surface area contributed by atoms with Crippen molar-refractivity contribution in [1.82, 2.24) is 9.97 Å². The third kappa shape index (κ3) is 5.39. The van der Waals surface area contributed by atoms with Crippen LogP contribution in [0.1, 0.15) is 36.3 Å². The Kier molecular flexibility index (Phi) is 6.73. The number of nitrogens with zero attached hydrogens (tertiary/aromatic N) is 3. The van der Waals surface area contributed by atoms with Gasteiger partial charge in [-0.1, -0.05) is 62.4 Å². The number of aromatic nitrogens is 2. The van der Waals surface area contributed by atoms with Crippen molar-refractivity contribution < 1.29 is 4.79 Å². The van der Waals surface area contributed by atoms with E-state index < -0.39 is 0 Å². The van der Waals surface area contributed by atoms with Gasteiger partial charge in [0, 0.05) is 18.4 Å². The number of carbonyl (C=O) groups excluding carboxylic acids is 1. The molecule has 1 aromatic heterocycles. The van der Waals surface area contributed by atoms with Crippen LogP contribution in [-0.4, -0.2) is 22.4 Å². The predicted octanol–water partition coefficient (Wildman–Crippen LogP) is 4.78. The fourth-order valence-electron chi connectivity index (χ4n) is 2.83. The first-order valence-electron chi connectivity index (χ1n) is 9.61. The summed E-state index contributed by atoms with van der Waals surface area (Å²) in [5, 5.41) is 3.21. The molecule has 0 fully saturated rings. The van der Waals surface area contributed by atoms with Gasteiger partial charge in [-0.15, -0.1) is 0 Å². The predicted molar refractivity (Wildman–Crippen MR) is 113 cm³/mol. The molecule has 1 N–H and O–H groups in total. The van der Waals surface area contributed by atoms with Crippen LogP contribution in [0.3, 0.4) is 0 Å². The van der Waals surface area contributed by atoms with Crippen LogP contribution in [0.5, 0.6) is 0 Å². The maximum Gasteiger partial charge on any atom is 0.277 e. The van der Waals surface area contributed by atoms with E-state index in [1.165, 1.54) is 0 Å². The van der Waals surface area contributed by atoms with Gasteiger partial charge in [-0.3, -0.25) is 4.79 Å². The van der Waals surface area contributed by atoms with Crippen LogP contribution in [0.25, 0.3) is 0 Å². The summed E-state index contributed by atoms with van der Waals surface area (Å²) < 4.78 is 0. The largest absolute Gasteiger partial charge is 0.354 e. The molecule has 144 valence electrons. The molecule has 0 aliphatic heterocycles. The lowest BCUT2D eigenvalue weighted by Gasteiger charge is -2.23. The average molecular weight is 374 g/mol. The molecule has 1 amide bonds. The van der Waals surface area contributed by atoms with Gasteiger partial charge in [-0.05, 0) is 36.1 Å². The highest BCUT2D eigenvalue weighted by Crippen LogP contribution is 2.19. The number of amides is 1. The molecule has 0 saturated heterocycles. The lowest BCUT2D eigenvalue weighted by Crippen LogP contribution is -2.31. The first-order chi connectivity index (χ1) is 13.6. The summed E-state index contributed by atoms with van der Waals surface area (Å²) in [5.41, 5.74) is 2.27. The van der Waals surface area contributed by atoms with Gasteiger partial charge in [0.25, 0.3) is 5.91 Å². The Bertz CT molecular complexity index is 881. The molecule has 3 rings (SSSR count). The van der Waals surface area contributed by atoms with E-state index in [1.54, 1.807) is 17.2 Å². The van der Waals surface area contributed by atoms with E-state index in [1.807, 2.05) is 60.7 Å². The number of nitrogens with one attached hydrogen (secondary N) is 1. The van der Waals surface area contributed by atoms with E-state index in [2.05, 4.69) is 29.1 Å². The van der Waals surface area contributed by atoms with Crippen LogP contribution in [-0.2, 0) is 6.54 Å². The molecule has 5 nitrogen and oxygen atoms in total. The Labute approximate surface area is 166 Å². The minimum absolute atomic E-state index is 0.149. The molecule has 2 aromatic carbocycles. The highest BCUT2D eigenvalue weighted by Gasteiger charge is 2.20. The first-order valence-corrected chi connectivity index (χ1v) is 9.61. The average Bonchev–Trinajstić information content (AvgIpc) is 2.73. The van der Waals surface area contributed by atoms with Crippen molar-refractivity contribution >= 4 is 17.5 Å². The second-order valence-electron chi connectivity index (χ2n) is 7.09. The van der Waals surface area contributed by atoms with Crippen molar-refractivity contribution in [3.63, 3.8) is 0 Å². The zero-order valence-electron chi connectivity index (χ0n) is 16.4. The van der Waals surface area contributed by atoms with E-state index in [0.717, 1.165) is 24.2 Å². The Balaban J connectivity index is 1.83. The summed E-state index contributed by atoms with van der Waals surface area (Å²) in [5.74, 6) is 0.931. The van der Waals surface area contributed by atoms with E-state index >= 15 is 0 Å². The molecule has 1 heterocycles. The van der Waals surface area contributed by atoms with Crippen molar-refractivity contribution in [3.05, 3.63) is 84.2 Å². The summed E-state index contributed by atoms with van der Waals surface area (Å²) in [6, 6.07) is 21.3. The first kappa shape index (κ1) is 19.5. The second kappa shape index (κ2) is 9.65. The van der Waals surface area contributed by atoms with Crippen LogP contribution < -0.4 is 10.2 Å². The van der Waals surface area contributed by atoms with Gasteiger partial charge in [0.1, 0.15) is 5.69 Å². The third-order valence-corrected chi connectivity index (χ3v) is 4.38. The quantitative estimate of drug-likeness (QED) is 0.616. The van der Waals surface area contributed by atoms with Gasteiger partial charge in [-0.25, -0.2) is 9.97 Å². The fourth-order valence-corrected chi connectivity index (χ4v) is 2.83. The molecule has 0 bridgehead atoms.